The number of nitrogens with zero attached hydrogens (tertiary/aromatic N) is 4. The quantitative estimate of drug-likeness (QED) is 0.237. The summed E-state index contributed by atoms with van der Waals surface area (Å²) in [5.74, 6) is 0.918. The van der Waals surface area contributed by atoms with E-state index in [1.165, 1.54) is 0 Å². The molecule has 0 saturated carbocycles. The maximum absolute atomic E-state index is 9.84. The fourth-order valence-electron chi connectivity index (χ4n) is 4.61. The minimum atomic E-state index is -0.0420. The van der Waals surface area contributed by atoms with Crippen LogP contribution in [0.1, 0.15) is 24.4 Å². The summed E-state index contributed by atoms with van der Waals surface area (Å²) < 4.78 is 1.74. The van der Waals surface area contributed by atoms with E-state index in [2.05, 4.69) is 69.4 Å². The summed E-state index contributed by atoms with van der Waals surface area (Å²) in [4.78, 5) is 15.8. The van der Waals surface area contributed by atoms with Gasteiger partial charge in [0.2, 0.25) is 0 Å². The number of anilines is 1. The molecule has 0 bridgehead atoms. The van der Waals surface area contributed by atoms with Crippen molar-refractivity contribution in [3.63, 3.8) is 0 Å². The maximum atomic E-state index is 9.84. The van der Waals surface area contributed by atoms with Gasteiger partial charge in [-0.15, -0.1) is 0 Å². The van der Waals surface area contributed by atoms with Gasteiger partial charge in [0.1, 0.15) is 23.5 Å². The maximum Gasteiger partial charge on any atom is 0.143 e. The van der Waals surface area contributed by atoms with E-state index in [4.69, 9.17) is 5.10 Å². The zero-order valence-corrected chi connectivity index (χ0v) is 19.9. The lowest BCUT2D eigenvalue weighted by molar-refractivity contribution is 0.475. The van der Waals surface area contributed by atoms with Crippen LogP contribution in [0.15, 0.2) is 85.5 Å². The van der Waals surface area contributed by atoms with Crippen molar-refractivity contribution in [2.24, 2.45) is 0 Å². The van der Waals surface area contributed by atoms with E-state index in [1.54, 1.807) is 29.2 Å². The fourth-order valence-corrected chi connectivity index (χ4v) is 4.61. The van der Waals surface area contributed by atoms with Crippen LogP contribution in [0.3, 0.4) is 0 Å². The molecule has 4 heterocycles. The second kappa shape index (κ2) is 8.74. The van der Waals surface area contributed by atoms with Gasteiger partial charge in [-0.1, -0.05) is 36.4 Å². The van der Waals surface area contributed by atoms with Crippen molar-refractivity contribution in [1.82, 2.24) is 29.7 Å². The number of phenolic OH excluding ortho intramolecular Hbond substituents is 1. The average molecular weight is 476 g/mol. The third-order valence-corrected chi connectivity index (χ3v) is 6.28. The Kier molecular flexibility index (Phi) is 5.26. The van der Waals surface area contributed by atoms with Crippen LogP contribution in [-0.4, -0.2) is 34.8 Å². The standard InChI is InChI=1S/C28H25N7O/c1-17-13-22(19-7-4-3-5-8-19)26(32-17)18(2)33-28-25-23(15-29-27(25)30-16-31-28)24-11-12-35(34-24)20-9-6-10-21(36)14-20/h3-16,18,32,36H,1-2H3,(H2,29,30,31,33). The molecule has 0 saturated heterocycles. The number of hydrogen-bond donors (Lipinski definition) is 4. The van der Waals surface area contributed by atoms with Crippen molar-refractivity contribution in [1.29, 1.82) is 0 Å². The average Bonchev–Trinajstić information content (AvgIpc) is 3.63. The van der Waals surface area contributed by atoms with Crippen LogP contribution < -0.4 is 5.32 Å². The summed E-state index contributed by atoms with van der Waals surface area (Å²) in [5.41, 5.74) is 7.70. The fraction of sp³-hybridized carbons (Fsp3) is 0.107. The SMILES string of the molecule is Cc1cc(-c2ccccc2)c(C(C)Nc2ncnc3[nH]cc(-c4ccn(-c5cccc(O)c5)n4)c23)[nH]1. The molecule has 8 heteroatoms. The van der Waals surface area contributed by atoms with Gasteiger partial charge in [0.05, 0.1) is 22.8 Å². The molecule has 0 aliphatic heterocycles. The lowest BCUT2D eigenvalue weighted by Gasteiger charge is -2.17. The summed E-state index contributed by atoms with van der Waals surface area (Å²) in [7, 11) is 0. The van der Waals surface area contributed by atoms with Crippen molar-refractivity contribution in [3.8, 4) is 33.8 Å². The summed E-state index contributed by atoms with van der Waals surface area (Å²) in [6.07, 6.45) is 5.33. The number of nitrogens with one attached hydrogen (secondary N) is 3. The van der Waals surface area contributed by atoms with Crippen LogP contribution >= 0.6 is 0 Å². The summed E-state index contributed by atoms with van der Waals surface area (Å²) >= 11 is 0. The van der Waals surface area contributed by atoms with Gasteiger partial charge in [-0.25, -0.2) is 14.6 Å². The third-order valence-electron chi connectivity index (χ3n) is 6.28. The molecule has 0 fully saturated rings. The number of benzene rings is 2. The molecule has 0 aliphatic rings. The van der Waals surface area contributed by atoms with Crippen molar-refractivity contribution in [3.05, 3.63) is 96.8 Å². The van der Waals surface area contributed by atoms with Gasteiger partial charge in [0.15, 0.2) is 0 Å². The molecule has 0 amide bonds. The van der Waals surface area contributed by atoms with Gasteiger partial charge in [-0.3, -0.25) is 0 Å². The Bertz CT molecular complexity index is 1660. The highest BCUT2D eigenvalue weighted by Gasteiger charge is 2.20. The lowest BCUT2D eigenvalue weighted by atomic mass is 10.0. The van der Waals surface area contributed by atoms with Gasteiger partial charge < -0.3 is 20.4 Å². The van der Waals surface area contributed by atoms with Crippen LogP contribution in [0, 0.1) is 6.92 Å². The summed E-state index contributed by atoms with van der Waals surface area (Å²) in [6.45, 7) is 4.19. The zero-order valence-electron chi connectivity index (χ0n) is 19.9. The predicted molar refractivity (Wildman–Crippen MR) is 141 cm³/mol. The Labute approximate surface area is 207 Å². The number of aryl methyl sites for hydroxylation is 1. The van der Waals surface area contributed by atoms with E-state index in [-0.39, 0.29) is 11.8 Å². The van der Waals surface area contributed by atoms with Gasteiger partial charge in [-0.05, 0) is 43.7 Å². The number of hydrogen-bond acceptors (Lipinski definition) is 5. The summed E-state index contributed by atoms with van der Waals surface area (Å²) in [5, 5.41) is 19.1. The molecule has 1 unspecified atom stereocenters. The van der Waals surface area contributed by atoms with Crippen LogP contribution in [0.4, 0.5) is 5.82 Å². The molecule has 178 valence electrons. The highest BCUT2D eigenvalue weighted by Crippen LogP contribution is 2.35. The molecule has 6 aromatic rings. The van der Waals surface area contributed by atoms with Crippen molar-refractivity contribution >= 4 is 16.9 Å². The number of rotatable bonds is 6. The normalized spacial score (nSPS) is 12.2. The first-order chi connectivity index (χ1) is 17.6. The third kappa shape index (κ3) is 3.88. The van der Waals surface area contributed by atoms with Crippen LogP contribution in [0.5, 0.6) is 5.75 Å². The number of fused-ring (bicyclic) bond motifs is 1. The first-order valence-electron chi connectivity index (χ1n) is 11.8. The number of phenols is 1. The molecular weight excluding hydrogens is 450 g/mol. The Balaban J connectivity index is 1.37. The highest BCUT2D eigenvalue weighted by molar-refractivity contribution is 6.00. The van der Waals surface area contributed by atoms with E-state index >= 15 is 0 Å². The van der Waals surface area contributed by atoms with Crippen molar-refractivity contribution in [2.45, 2.75) is 19.9 Å². The molecule has 0 spiro atoms. The van der Waals surface area contributed by atoms with Gasteiger partial charge in [-0.2, -0.15) is 5.10 Å². The number of aromatic amines is 2. The molecule has 8 nitrogen and oxygen atoms in total. The second-order valence-electron chi connectivity index (χ2n) is 8.83. The minimum absolute atomic E-state index is 0.0420. The second-order valence-corrected chi connectivity index (χ2v) is 8.83. The first-order valence-corrected chi connectivity index (χ1v) is 11.8. The van der Waals surface area contributed by atoms with Gasteiger partial charge in [0.25, 0.3) is 0 Å². The monoisotopic (exact) mass is 475 g/mol. The van der Waals surface area contributed by atoms with E-state index in [0.29, 0.717) is 0 Å². The molecule has 36 heavy (non-hydrogen) atoms. The van der Waals surface area contributed by atoms with Crippen molar-refractivity contribution < 1.29 is 5.11 Å². The van der Waals surface area contributed by atoms with Gasteiger partial charge >= 0.3 is 0 Å². The Morgan fingerprint density at radius 3 is 2.67 bits per heavy atom. The van der Waals surface area contributed by atoms with Crippen LogP contribution in [-0.2, 0) is 0 Å². The van der Waals surface area contributed by atoms with Crippen LogP contribution in [0.2, 0.25) is 0 Å². The van der Waals surface area contributed by atoms with E-state index < -0.39 is 0 Å². The zero-order chi connectivity index (χ0) is 24.6. The largest absolute Gasteiger partial charge is 0.508 e. The number of aromatic nitrogens is 6. The molecular formula is C28H25N7O. The first kappa shape index (κ1) is 21.7. The molecule has 0 radical (unpaired) electrons. The van der Waals surface area contributed by atoms with E-state index in [0.717, 1.165) is 56.3 Å². The summed E-state index contributed by atoms with van der Waals surface area (Å²) in [6, 6.07) is 21.4. The van der Waals surface area contributed by atoms with Crippen LogP contribution in [0.25, 0.3) is 39.1 Å². The predicted octanol–water partition coefficient (Wildman–Crippen LogP) is 5.99. The Morgan fingerprint density at radius 1 is 0.972 bits per heavy atom. The minimum Gasteiger partial charge on any atom is -0.508 e. The van der Waals surface area contributed by atoms with Crippen molar-refractivity contribution in [2.75, 3.05) is 5.32 Å². The van der Waals surface area contributed by atoms with E-state index in [1.807, 2.05) is 30.6 Å². The molecule has 2 aromatic carbocycles. The Hall–Kier alpha value is -4.85. The lowest BCUT2D eigenvalue weighted by Crippen LogP contribution is -2.10. The molecule has 1 atom stereocenters. The van der Waals surface area contributed by atoms with E-state index in [9.17, 15) is 5.11 Å². The Morgan fingerprint density at radius 2 is 1.83 bits per heavy atom. The molecule has 4 aromatic heterocycles. The smallest absolute Gasteiger partial charge is 0.143 e. The molecule has 4 N–H and O–H groups in total. The highest BCUT2D eigenvalue weighted by atomic mass is 16.3. The number of H-pyrrole nitrogens is 2. The number of aromatic hydroxyl groups is 1. The van der Waals surface area contributed by atoms with Gasteiger partial charge in [0, 0.05) is 41.0 Å². The topological polar surface area (TPSA) is 107 Å². The molecule has 6 rings (SSSR count). The molecule has 0 aliphatic carbocycles.